The van der Waals surface area contributed by atoms with E-state index in [1.54, 1.807) is 0 Å². The fourth-order valence-corrected chi connectivity index (χ4v) is 3.48. The van der Waals surface area contributed by atoms with Crippen LogP contribution in [-0.4, -0.2) is 24.3 Å². The molecule has 0 radical (unpaired) electrons. The molecule has 0 saturated carbocycles. The van der Waals surface area contributed by atoms with E-state index in [2.05, 4.69) is 32.2 Å². The van der Waals surface area contributed by atoms with Crippen molar-refractivity contribution in [3.8, 4) is 5.75 Å². The summed E-state index contributed by atoms with van der Waals surface area (Å²) in [5, 5.41) is 3.44. The zero-order chi connectivity index (χ0) is 19.2. The smallest absolute Gasteiger partial charge is 0.233 e. The van der Waals surface area contributed by atoms with Gasteiger partial charge in [-0.1, -0.05) is 50.6 Å². The van der Waals surface area contributed by atoms with Crippen LogP contribution in [0.1, 0.15) is 33.3 Å². The molecule has 2 aromatic rings. The predicted octanol–water partition coefficient (Wildman–Crippen LogP) is 5.31. The Balaban J connectivity index is 1.79. The van der Waals surface area contributed by atoms with Crippen molar-refractivity contribution in [1.29, 1.82) is 0 Å². The zero-order valence-corrected chi connectivity index (χ0v) is 17.3. The van der Waals surface area contributed by atoms with Crippen LogP contribution < -0.4 is 10.1 Å². The van der Waals surface area contributed by atoms with Gasteiger partial charge in [0.15, 0.2) is 0 Å². The van der Waals surface area contributed by atoms with Crippen LogP contribution >= 0.6 is 23.4 Å². The lowest BCUT2D eigenvalue weighted by Gasteiger charge is -2.22. The molecule has 1 atom stereocenters. The molecule has 0 bridgehead atoms. The van der Waals surface area contributed by atoms with Crippen LogP contribution in [0.2, 0.25) is 5.02 Å². The summed E-state index contributed by atoms with van der Waals surface area (Å²) in [4.78, 5) is 13.3. The molecule has 0 spiro atoms. The Morgan fingerprint density at radius 1 is 1.15 bits per heavy atom. The van der Waals surface area contributed by atoms with E-state index in [1.807, 2.05) is 49.4 Å². The number of carbonyl (C=O) groups excluding carboxylic acids is 1. The average Bonchev–Trinajstić information content (AvgIpc) is 2.60. The Bertz CT molecular complexity index is 726. The number of halogens is 1. The van der Waals surface area contributed by atoms with Gasteiger partial charge in [-0.05, 0) is 48.2 Å². The molecule has 0 unspecified atom stereocenters. The van der Waals surface area contributed by atoms with Gasteiger partial charge in [-0.25, -0.2) is 0 Å². The number of hydrogen-bond donors (Lipinski definition) is 1. The van der Waals surface area contributed by atoms with Crippen molar-refractivity contribution in [2.75, 3.05) is 13.2 Å². The van der Waals surface area contributed by atoms with Crippen LogP contribution in [0.5, 0.6) is 5.75 Å². The average molecular weight is 392 g/mol. The third-order valence-corrected chi connectivity index (χ3v) is 5.21. The molecule has 2 aromatic carbocycles. The Morgan fingerprint density at radius 3 is 2.46 bits per heavy atom. The fourth-order valence-electron chi connectivity index (χ4n) is 2.46. The normalized spacial score (nSPS) is 12.5. The van der Waals surface area contributed by atoms with Crippen LogP contribution in [0.4, 0.5) is 0 Å². The molecule has 0 aliphatic carbocycles. The number of carbonyl (C=O) groups is 1. The molecule has 0 aliphatic rings. The Hall–Kier alpha value is -1.65. The molecular weight excluding hydrogens is 366 g/mol. The predicted molar refractivity (Wildman–Crippen MR) is 110 cm³/mol. The maximum atomic E-state index is 12.2. The number of rotatable bonds is 7. The summed E-state index contributed by atoms with van der Waals surface area (Å²) in [6.07, 6.45) is 0. The molecular formula is C21H26ClNO2S. The highest BCUT2D eigenvalue weighted by Crippen LogP contribution is 2.30. The summed E-state index contributed by atoms with van der Waals surface area (Å²) in [6.45, 7) is 9.29. The Morgan fingerprint density at radius 2 is 1.81 bits per heavy atom. The molecule has 26 heavy (non-hydrogen) atoms. The first-order valence-electron chi connectivity index (χ1n) is 8.69. The van der Waals surface area contributed by atoms with Gasteiger partial charge in [0.1, 0.15) is 12.4 Å². The van der Waals surface area contributed by atoms with Gasteiger partial charge in [0.2, 0.25) is 5.91 Å². The summed E-state index contributed by atoms with van der Waals surface area (Å²) in [6, 6.07) is 15.5. The van der Waals surface area contributed by atoms with Gasteiger partial charge in [0.25, 0.3) is 0 Å². The molecule has 0 aliphatic heterocycles. The molecule has 1 amide bonds. The standard InChI is InChI=1S/C21H26ClNO2S/c1-15(26-17-11-9-16(22)10-12-17)20(24)23-13-14-25-19-8-6-5-7-18(19)21(2,3)4/h5-12,15H,13-14H2,1-4H3,(H,23,24)/t15-/m1/s1. The summed E-state index contributed by atoms with van der Waals surface area (Å²) >= 11 is 7.39. The van der Waals surface area contributed by atoms with Crippen LogP contribution in [0.3, 0.4) is 0 Å². The van der Waals surface area contributed by atoms with Crippen molar-refractivity contribution in [2.45, 2.75) is 43.3 Å². The lowest BCUT2D eigenvalue weighted by molar-refractivity contribution is -0.120. The molecule has 140 valence electrons. The number of nitrogens with one attached hydrogen (secondary N) is 1. The largest absolute Gasteiger partial charge is 0.491 e. The van der Waals surface area contributed by atoms with Crippen LogP contribution in [0.15, 0.2) is 53.4 Å². The number of para-hydroxylation sites is 1. The minimum absolute atomic E-state index is 0.00217. The highest BCUT2D eigenvalue weighted by molar-refractivity contribution is 8.00. The van der Waals surface area contributed by atoms with E-state index in [-0.39, 0.29) is 16.6 Å². The summed E-state index contributed by atoms with van der Waals surface area (Å²) < 4.78 is 5.89. The number of ether oxygens (including phenoxy) is 1. The van der Waals surface area contributed by atoms with Gasteiger partial charge < -0.3 is 10.1 Å². The van der Waals surface area contributed by atoms with E-state index in [9.17, 15) is 4.79 Å². The lowest BCUT2D eigenvalue weighted by atomic mass is 9.86. The number of amides is 1. The second kappa shape index (κ2) is 9.33. The van der Waals surface area contributed by atoms with Crippen LogP contribution in [-0.2, 0) is 10.2 Å². The monoisotopic (exact) mass is 391 g/mol. The Labute approximate surface area is 165 Å². The first kappa shape index (κ1) is 20.7. The maximum Gasteiger partial charge on any atom is 0.233 e. The minimum atomic E-state index is -0.182. The van der Waals surface area contributed by atoms with Crippen molar-refractivity contribution < 1.29 is 9.53 Å². The van der Waals surface area contributed by atoms with Gasteiger partial charge in [-0.2, -0.15) is 0 Å². The van der Waals surface area contributed by atoms with E-state index in [0.717, 1.165) is 16.2 Å². The molecule has 0 fully saturated rings. The summed E-state index contributed by atoms with van der Waals surface area (Å²) in [5.74, 6) is 0.871. The molecule has 0 saturated heterocycles. The van der Waals surface area contributed by atoms with Gasteiger partial charge in [0.05, 0.1) is 11.8 Å². The van der Waals surface area contributed by atoms with E-state index in [4.69, 9.17) is 16.3 Å². The van der Waals surface area contributed by atoms with Crippen LogP contribution in [0, 0.1) is 0 Å². The van der Waals surface area contributed by atoms with Crippen molar-refractivity contribution in [3.63, 3.8) is 0 Å². The molecule has 0 heterocycles. The van der Waals surface area contributed by atoms with Crippen molar-refractivity contribution >= 4 is 29.3 Å². The third kappa shape index (κ3) is 6.26. The Kier molecular flexibility index (Phi) is 7.42. The molecule has 3 nitrogen and oxygen atoms in total. The number of benzene rings is 2. The van der Waals surface area contributed by atoms with Crippen molar-refractivity contribution in [2.24, 2.45) is 0 Å². The number of hydrogen-bond acceptors (Lipinski definition) is 3. The van der Waals surface area contributed by atoms with E-state index < -0.39 is 0 Å². The van der Waals surface area contributed by atoms with Gasteiger partial charge in [0, 0.05) is 9.92 Å². The third-order valence-electron chi connectivity index (χ3n) is 3.85. The van der Waals surface area contributed by atoms with Gasteiger partial charge in [-0.15, -0.1) is 11.8 Å². The fraction of sp³-hybridized carbons (Fsp3) is 0.381. The molecule has 0 aromatic heterocycles. The first-order chi connectivity index (χ1) is 12.3. The first-order valence-corrected chi connectivity index (χ1v) is 9.95. The van der Waals surface area contributed by atoms with E-state index in [1.165, 1.54) is 11.8 Å². The van der Waals surface area contributed by atoms with Gasteiger partial charge in [-0.3, -0.25) is 4.79 Å². The van der Waals surface area contributed by atoms with Gasteiger partial charge >= 0.3 is 0 Å². The zero-order valence-electron chi connectivity index (χ0n) is 15.7. The van der Waals surface area contributed by atoms with Crippen molar-refractivity contribution in [1.82, 2.24) is 5.32 Å². The summed E-state index contributed by atoms with van der Waals surface area (Å²) in [7, 11) is 0. The highest BCUT2D eigenvalue weighted by Gasteiger charge is 2.18. The molecule has 1 N–H and O–H groups in total. The van der Waals surface area contributed by atoms with Crippen LogP contribution in [0.25, 0.3) is 0 Å². The highest BCUT2D eigenvalue weighted by atomic mass is 35.5. The maximum absolute atomic E-state index is 12.2. The lowest BCUT2D eigenvalue weighted by Crippen LogP contribution is -2.34. The van der Waals surface area contributed by atoms with E-state index >= 15 is 0 Å². The topological polar surface area (TPSA) is 38.3 Å². The van der Waals surface area contributed by atoms with E-state index in [0.29, 0.717) is 18.2 Å². The second-order valence-electron chi connectivity index (χ2n) is 7.10. The number of thioether (sulfide) groups is 1. The quantitative estimate of drug-likeness (QED) is 0.513. The summed E-state index contributed by atoms with van der Waals surface area (Å²) in [5.41, 5.74) is 1.18. The molecule has 5 heteroatoms. The SMILES string of the molecule is C[C@@H](Sc1ccc(Cl)cc1)C(=O)NCCOc1ccccc1C(C)(C)C. The minimum Gasteiger partial charge on any atom is -0.491 e. The molecule has 2 rings (SSSR count). The second-order valence-corrected chi connectivity index (χ2v) is 8.95. The van der Waals surface area contributed by atoms with Crippen molar-refractivity contribution in [3.05, 3.63) is 59.1 Å².